The number of benzene rings is 1. The zero-order valence-electron chi connectivity index (χ0n) is 17.5. The number of pyridine rings is 1. The summed E-state index contributed by atoms with van der Waals surface area (Å²) in [7, 11) is 0. The predicted octanol–water partition coefficient (Wildman–Crippen LogP) is 3.00. The van der Waals surface area contributed by atoms with Gasteiger partial charge in [-0.3, -0.25) is 0 Å². The molecule has 2 aromatic heterocycles. The Balaban J connectivity index is 1.29. The molecule has 1 atom stereocenters. The molecule has 0 saturated carbocycles. The monoisotopic (exact) mass is 404 g/mol. The van der Waals surface area contributed by atoms with Crippen molar-refractivity contribution < 1.29 is 4.74 Å². The Bertz CT molecular complexity index is 1050. The average molecular weight is 405 g/mol. The van der Waals surface area contributed by atoms with Crippen molar-refractivity contribution >= 4 is 22.5 Å². The van der Waals surface area contributed by atoms with E-state index in [1.165, 1.54) is 0 Å². The first kappa shape index (κ1) is 19.1. The highest BCUT2D eigenvalue weighted by molar-refractivity contribution is 5.80. The Kier molecular flexibility index (Phi) is 4.70. The third-order valence-electron chi connectivity index (χ3n) is 6.15. The topological polar surface area (TPSA) is 80.4 Å². The Morgan fingerprint density at radius 3 is 2.70 bits per heavy atom. The van der Waals surface area contributed by atoms with Crippen LogP contribution in [0.3, 0.4) is 0 Å². The Labute approximate surface area is 176 Å². The van der Waals surface area contributed by atoms with Crippen LogP contribution in [0.2, 0.25) is 0 Å². The van der Waals surface area contributed by atoms with Crippen LogP contribution in [0, 0.1) is 0 Å². The smallest absolute Gasteiger partial charge is 0.258 e. The van der Waals surface area contributed by atoms with E-state index in [1.54, 1.807) is 12.4 Å². The normalized spacial score (nSPS) is 21.5. The maximum Gasteiger partial charge on any atom is 0.258 e. The van der Waals surface area contributed by atoms with Crippen molar-refractivity contribution in [2.24, 2.45) is 5.73 Å². The van der Waals surface area contributed by atoms with Gasteiger partial charge in [0.05, 0.1) is 18.6 Å². The number of rotatable bonds is 4. The number of ether oxygens (including phenoxy) is 1. The average Bonchev–Trinajstić information content (AvgIpc) is 2.70. The van der Waals surface area contributed by atoms with Crippen LogP contribution in [0.25, 0.3) is 10.9 Å². The lowest BCUT2D eigenvalue weighted by molar-refractivity contribution is 0.158. The van der Waals surface area contributed by atoms with E-state index in [1.807, 2.05) is 18.2 Å². The first-order valence-electron chi connectivity index (χ1n) is 10.6. The van der Waals surface area contributed by atoms with Gasteiger partial charge in [0.1, 0.15) is 11.9 Å². The zero-order chi connectivity index (χ0) is 20.7. The molecule has 1 aromatic carbocycles. The van der Waals surface area contributed by atoms with Crippen LogP contribution in [-0.4, -0.2) is 52.3 Å². The van der Waals surface area contributed by atoms with E-state index in [4.69, 9.17) is 15.5 Å². The number of nitrogens with zero attached hydrogens (tertiary/aromatic N) is 5. The SMILES string of the molecule is CC1(C)CC(N)CCN1c1nccnc1OC1CN(c2ccc3ccccc3n2)C1. The third-order valence-corrected chi connectivity index (χ3v) is 6.15. The van der Waals surface area contributed by atoms with Gasteiger partial charge in [-0.1, -0.05) is 18.2 Å². The lowest BCUT2D eigenvalue weighted by atomic mass is 9.87. The van der Waals surface area contributed by atoms with Crippen molar-refractivity contribution in [1.29, 1.82) is 0 Å². The van der Waals surface area contributed by atoms with Crippen LogP contribution in [0.1, 0.15) is 26.7 Å². The molecular weight excluding hydrogens is 376 g/mol. The molecule has 2 N–H and O–H groups in total. The highest BCUT2D eigenvalue weighted by atomic mass is 16.5. The lowest BCUT2D eigenvalue weighted by Crippen LogP contribution is -2.55. The number of aromatic nitrogens is 3. The lowest BCUT2D eigenvalue weighted by Gasteiger charge is -2.46. The number of para-hydroxylation sites is 1. The molecule has 5 rings (SSSR count). The summed E-state index contributed by atoms with van der Waals surface area (Å²) in [6.07, 6.45) is 5.38. The zero-order valence-corrected chi connectivity index (χ0v) is 17.5. The van der Waals surface area contributed by atoms with E-state index in [0.29, 0.717) is 5.88 Å². The molecule has 156 valence electrons. The van der Waals surface area contributed by atoms with Gasteiger partial charge in [-0.05, 0) is 44.9 Å². The molecule has 1 unspecified atom stereocenters. The van der Waals surface area contributed by atoms with Crippen LogP contribution in [0.4, 0.5) is 11.6 Å². The molecule has 0 radical (unpaired) electrons. The summed E-state index contributed by atoms with van der Waals surface area (Å²) in [5, 5.41) is 1.16. The standard InChI is InChI=1S/C23H28N6O/c1-23(2)13-17(24)9-12-29(23)21-22(26-11-10-25-21)30-18-14-28(15-18)20-8-7-16-5-3-4-6-19(16)27-20/h3-8,10-11,17-18H,9,12-15,24H2,1-2H3. The number of anilines is 2. The van der Waals surface area contributed by atoms with Gasteiger partial charge in [0, 0.05) is 35.9 Å². The van der Waals surface area contributed by atoms with Crippen molar-refractivity contribution in [2.45, 2.75) is 44.4 Å². The number of hydrogen-bond donors (Lipinski definition) is 1. The first-order valence-corrected chi connectivity index (χ1v) is 10.6. The van der Waals surface area contributed by atoms with Crippen molar-refractivity contribution in [3.8, 4) is 5.88 Å². The number of fused-ring (bicyclic) bond motifs is 1. The number of hydrogen-bond acceptors (Lipinski definition) is 7. The molecular formula is C23H28N6O. The molecule has 30 heavy (non-hydrogen) atoms. The van der Waals surface area contributed by atoms with Gasteiger partial charge in [-0.15, -0.1) is 0 Å². The van der Waals surface area contributed by atoms with Crippen molar-refractivity contribution in [3.63, 3.8) is 0 Å². The van der Waals surface area contributed by atoms with E-state index >= 15 is 0 Å². The first-order chi connectivity index (χ1) is 14.5. The summed E-state index contributed by atoms with van der Waals surface area (Å²) in [6, 6.07) is 12.6. The minimum absolute atomic E-state index is 0.0730. The van der Waals surface area contributed by atoms with Gasteiger partial charge in [0.25, 0.3) is 5.88 Å². The molecule has 7 heteroatoms. The van der Waals surface area contributed by atoms with E-state index in [0.717, 1.165) is 55.0 Å². The quantitative estimate of drug-likeness (QED) is 0.716. The fourth-order valence-electron chi connectivity index (χ4n) is 4.52. The molecule has 4 heterocycles. The van der Waals surface area contributed by atoms with Crippen LogP contribution < -0.4 is 20.3 Å². The van der Waals surface area contributed by atoms with E-state index < -0.39 is 0 Å². The molecule has 2 aliphatic rings. The summed E-state index contributed by atoms with van der Waals surface area (Å²) in [4.78, 5) is 18.4. The van der Waals surface area contributed by atoms with Crippen molar-refractivity contribution in [3.05, 3.63) is 48.8 Å². The van der Waals surface area contributed by atoms with Gasteiger partial charge in [-0.25, -0.2) is 15.0 Å². The molecule has 2 aliphatic heterocycles. The van der Waals surface area contributed by atoms with Gasteiger partial charge in [-0.2, -0.15) is 0 Å². The second kappa shape index (κ2) is 7.40. The largest absolute Gasteiger partial charge is 0.468 e. The maximum atomic E-state index is 6.28. The van der Waals surface area contributed by atoms with Crippen LogP contribution in [-0.2, 0) is 0 Å². The number of piperidine rings is 1. The minimum Gasteiger partial charge on any atom is -0.468 e. The Morgan fingerprint density at radius 2 is 1.87 bits per heavy atom. The number of nitrogens with two attached hydrogens (primary N) is 1. The fraction of sp³-hybridized carbons (Fsp3) is 0.435. The van der Waals surface area contributed by atoms with Crippen molar-refractivity contribution in [2.75, 3.05) is 29.4 Å². The summed E-state index contributed by atoms with van der Waals surface area (Å²) < 4.78 is 6.28. The Morgan fingerprint density at radius 1 is 1.07 bits per heavy atom. The Hall–Kier alpha value is -2.93. The summed E-state index contributed by atoms with van der Waals surface area (Å²) in [6.45, 7) is 6.86. The predicted molar refractivity (Wildman–Crippen MR) is 119 cm³/mol. The van der Waals surface area contributed by atoms with E-state index in [-0.39, 0.29) is 17.7 Å². The molecule has 7 nitrogen and oxygen atoms in total. The summed E-state index contributed by atoms with van der Waals surface area (Å²) >= 11 is 0. The molecule has 3 aromatic rings. The molecule has 0 aliphatic carbocycles. The third kappa shape index (κ3) is 3.54. The highest BCUT2D eigenvalue weighted by Gasteiger charge is 2.37. The molecule has 0 amide bonds. The van der Waals surface area contributed by atoms with Gasteiger partial charge in [0.15, 0.2) is 5.82 Å². The summed E-state index contributed by atoms with van der Waals surface area (Å²) in [5.41, 5.74) is 7.14. The van der Waals surface area contributed by atoms with Gasteiger partial charge in [0.2, 0.25) is 0 Å². The highest BCUT2D eigenvalue weighted by Crippen LogP contribution is 2.36. The van der Waals surface area contributed by atoms with E-state index in [9.17, 15) is 0 Å². The second-order valence-corrected chi connectivity index (χ2v) is 8.91. The second-order valence-electron chi connectivity index (χ2n) is 8.91. The van der Waals surface area contributed by atoms with Crippen LogP contribution in [0.5, 0.6) is 5.88 Å². The van der Waals surface area contributed by atoms with Crippen LogP contribution >= 0.6 is 0 Å². The minimum atomic E-state index is -0.0769. The van der Waals surface area contributed by atoms with Crippen LogP contribution in [0.15, 0.2) is 48.8 Å². The molecule has 2 saturated heterocycles. The molecule has 0 bridgehead atoms. The van der Waals surface area contributed by atoms with E-state index in [2.05, 4.69) is 51.8 Å². The molecule has 2 fully saturated rings. The maximum absolute atomic E-state index is 6.28. The molecule has 0 spiro atoms. The van der Waals surface area contributed by atoms with Gasteiger partial charge >= 0.3 is 0 Å². The van der Waals surface area contributed by atoms with Crippen molar-refractivity contribution in [1.82, 2.24) is 15.0 Å². The van der Waals surface area contributed by atoms with Gasteiger partial charge < -0.3 is 20.3 Å². The fourth-order valence-corrected chi connectivity index (χ4v) is 4.52. The summed E-state index contributed by atoms with van der Waals surface area (Å²) in [5.74, 6) is 2.41.